The number of carbonyl (C=O) groups is 3. The van der Waals surface area contributed by atoms with Gasteiger partial charge in [-0.1, -0.05) is 33.4 Å². The van der Waals surface area contributed by atoms with Gasteiger partial charge in [0, 0.05) is 29.0 Å². The molecule has 0 aliphatic carbocycles. The SMILES string of the molecule is CSSC(C)OC1CC(C2C=C(C#CCNC(=O)I)C(=O)NC2=O)OC1COP(=O)(O)OP(=O)(O)OP(=O)(O)O. The molecule has 0 aromatic heterocycles. The zero-order valence-corrected chi connectivity index (χ0v) is 26.9. The first-order valence-electron chi connectivity index (χ1n) is 10.7. The van der Waals surface area contributed by atoms with E-state index in [-0.39, 0.29) is 22.5 Å². The molecule has 2 aliphatic rings. The number of amides is 3. The third-order valence-electron chi connectivity index (χ3n) is 4.71. The van der Waals surface area contributed by atoms with Crippen molar-refractivity contribution in [3.8, 4) is 11.8 Å². The maximum Gasteiger partial charge on any atom is 0.490 e. The summed E-state index contributed by atoms with van der Waals surface area (Å²) in [6, 6.07) is 0. The Bertz CT molecular complexity index is 1220. The van der Waals surface area contributed by atoms with E-state index >= 15 is 0 Å². The van der Waals surface area contributed by atoms with Gasteiger partial charge in [-0.3, -0.25) is 24.2 Å². The number of nitrogens with one attached hydrogen (secondary N) is 2. The van der Waals surface area contributed by atoms with Crippen molar-refractivity contribution in [1.82, 2.24) is 10.6 Å². The summed E-state index contributed by atoms with van der Waals surface area (Å²) in [7, 11) is -14.0. The zero-order valence-electron chi connectivity index (χ0n) is 20.4. The number of carbonyl (C=O) groups excluding carboxylic acids is 3. The second-order valence-electron chi connectivity index (χ2n) is 7.69. The first-order chi connectivity index (χ1) is 18.4. The molecule has 226 valence electrons. The van der Waals surface area contributed by atoms with Gasteiger partial charge in [0.15, 0.2) is 0 Å². The molecular weight excluding hydrogens is 756 g/mol. The van der Waals surface area contributed by atoms with Crippen LogP contribution in [0.2, 0.25) is 0 Å². The van der Waals surface area contributed by atoms with E-state index in [9.17, 15) is 37.9 Å². The number of phosphoric acid groups is 3. The van der Waals surface area contributed by atoms with Crippen LogP contribution in [0.4, 0.5) is 4.79 Å². The Morgan fingerprint density at radius 1 is 1.25 bits per heavy atom. The maximum atomic E-state index is 12.6. The van der Waals surface area contributed by atoms with E-state index in [1.54, 1.807) is 13.2 Å². The van der Waals surface area contributed by atoms with Crippen LogP contribution < -0.4 is 10.6 Å². The monoisotopic (exact) mass is 780 g/mol. The Balaban J connectivity index is 2.20. The summed E-state index contributed by atoms with van der Waals surface area (Å²) in [5, 5.41) is 4.58. The average Bonchev–Trinajstić information content (AvgIpc) is 3.16. The number of hydrogen-bond donors (Lipinski definition) is 6. The van der Waals surface area contributed by atoms with Crippen LogP contribution in [0.15, 0.2) is 11.6 Å². The van der Waals surface area contributed by atoms with E-state index in [4.69, 9.17) is 23.8 Å². The molecular formula is C17H24IN2O15P3S2. The fourth-order valence-electron chi connectivity index (χ4n) is 3.37. The number of ether oxygens (including phenoxy) is 2. The molecule has 0 aromatic rings. The maximum absolute atomic E-state index is 12.6. The Kier molecular flexibility index (Phi) is 13.8. The molecule has 2 heterocycles. The summed E-state index contributed by atoms with van der Waals surface area (Å²) in [4.78, 5) is 72.2. The molecule has 23 heteroatoms. The molecule has 2 rings (SSSR count). The molecule has 2 aliphatic heterocycles. The van der Waals surface area contributed by atoms with Gasteiger partial charge in [0.25, 0.3) is 9.82 Å². The van der Waals surface area contributed by atoms with E-state index in [0.717, 1.165) is 0 Å². The van der Waals surface area contributed by atoms with Crippen LogP contribution >= 0.6 is 67.6 Å². The molecule has 40 heavy (non-hydrogen) atoms. The third kappa shape index (κ3) is 12.5. The van der Waals surface area contributed by atoms with Crippen LogP contribution in [-0.4, -0.2) is 78.5 Å². The number of imide groups is 1. The summed E-state index contributed by atoms with van der Waals surface area (Å²) < 4.78 is 58.1. The Labute approximate surface area is 249 Å². The van der Waals surface area contributed by atoms with Crippen molar-refractivity contribution >= 4 is 83.4 Å². The molecule has 0 spiro atoms. The van der Waals surface area contributed by atoms with Crippen LogP contribution in [0, 0.1) is 17.8 Å². The zero-order chi connectivity index (χ0) is 30.3. The minimum atomic E-state index is -5.72. The van der Waals surface area contributed by atoms with Gasteiger partial charge in [-0.15, -0.1) is 0 Å². The Hall–Kier alpha value is -0.330. The average molecular weight is 780 g/mol. The van der Waals surface area contributed by atoms with E-state index in [1.165, 1.54) is 50.3 Å². The van der Waals surface area contributed by atoms with Crippen LogP contribution in [0.25, 0.3) is 0 Å². The minimum absolute atomic E-state index is 0.0398. The number of rotatable bonds is 13. The summed E-state index contributed by atoms with van der Waals surface area (Å²) in [5.41, 5.74) is -0.486. The lowest BCUT2D eigenvalue weighted by Crippen LogP contribution is -2.44. The highest BCUT2D eigenvalue weighted by atomic mass is 127. The van der Waals surface area contributed by atoms with Gasteiger partial charge >= 0.3 is 23.5 Å². The van der Waals surface area contributed by atoms with Crippen molar-refractivity contribution in [1.29, 1.82) is 0 Å². The Morgan fingerprint density at radius 2 is 1.93 bits per heavy atom. The predicted molar refractivity (Wildman–Crippen MR) is 148 cm³/mol. The minimum Gasteiger partial charge on any atom is -0.369 e. The molecule has 1 fully saturated rings. The smallest absolute Gasteiger partial charge is 0.369 e. The van der Waals surface area contributed by atoms with Gasteiger partial charge in [-0.25, -0.2) is 13.7 Å². The second kappa shape index (κ2) is 15.4. The van der Waals surface area contributed by atoms with Gasteiger partial charge in [-0.2, -0.15) is 8.62 Å². The third-order valence-corrected chi connectivity index (χ3v) is 10.9. The lowest BCUT2D eigenvalue weighted by atomic mass is 9.92. The number of halogens is 1. The van der Waals surface area contributed by atoms with Gasteiger partial charge < -0.3 is 34.4 Å². The first-order valence-corrected chi connectivity index (χ1v) is 18.9. The van der Waals surface area contributed by atoms with Crippen LogP contribution in [0.5, 0.6) is 0 Å². The van der Waals surface area contributed by atoms with Crippen molar-refractivity contribution < 1.29 is 70.3 Å². The fraction of sp³-hybridized carbons (Fsp3) is 0.588. The largest absolute Gasteiger partial charge is 0.490 e. The number of phosphoric ester groups is 1. The van der Waals surface area contributed by atoms with Crippen molar-refractivity contribution in [2.75, 3.05) is 19.4 Å². The van der Waals surface area contributed by atoms with Crippen molar-refractivity contribution in [3.63, 3.8) is 0 Å². The van der Waals surface area contributed by atoms with Crippen molar-refractivity contribution in [2.24, 2.45) is 5.92 Å². The fourth-order valence-corrected chi connectivity index (χ4v) is 7.99. The van der Waals surface area contributed by atoms with Gasteiger partial charge in [0.1, 0.15) is 11.5 Å². The summed E-state index contributed by atoms with van der Waals surface area (Å²) in [6.45, 7) is 0.873. The van der Waals surface area contributed by atoms with Gasteiger partial charge in [0.2, 0.25) is 5.91 Å². The summed E-state index contributed by atoms with van der Waals surface area (Å²) >= 11 is 1.51. The van der Waals surface area contributed by atoms with Crippen molar-refractivity contribution in [2.45, 2.75) is 37.1 Å². The first kappa shape index (κ1) is 35.9. The molecule has 17 nitrogen and oxygen atoms in total. The molecule has 1 saturated heterocycles. The van der Waals surface area contributed by atoms with E-state index in [2.05, 4.69) is 31.1 Å². The highest BCUT2D eigenvalue weighted by Gasteiger charge is 2.46. The van der Waals surface area contributed by atoms with Crippen molar-refractivity contribution in [3.05, 3.63) is 11.6 Å². The molecule has 7 unspecified atom stereocenters. The molecule has 0 aromatic carbocycles. The summed E-state index contributed by atoms with van der Waals surface area (Å²) in [5.74, 6) is 2.63. The molecule has 7 atom stereocenters. The Morgan fingerprint density at radius 3 is 2.52 bits per heavy atom. The molecule has 0 saturated carbocycles. The van der Waals surface area contributed by atoms with E-state index < -0.39 is 71.6 Å². The van der Waals surface area contributed by atoms with Crippen LogP contribution in [0.1, 0.15) is 13.3 Å². The quantitative estimate of drug-likeness (QED) is 0.0227. The van der Waals surface area contributed by atoms with E-state index in [1.807, 2.05) is 0 Å². The highest BCUT2D eigenvalue weighted by Crippen LogP contribution is 2.66. The highest BCUT2D eigenvalue weighted by molar-refractivity contribution is 14.1. The molecule has 0 radical (unpaired) electrons. The molecule has 3 amide bonds. The number of hydrogen-bond acceptors (Lipinski definition) is 13. The normalized spacial score (nSPS) is 26.9. The predicted octanol–water partition coefficient (Wildman–Crippen LogP) is 1.58. The van der Waals surface area contributed by atoms with Crippen LogP contribution in [0.3, 0.4) is 0 Å². The topological polar surface area (TPSA) is 254 Å². The van der Waals surface area contributed by atoms with E-state index in [0.29, 0.717) is 0 Å². The standard InChI is InChI=1S/C17H24IN2O15P3S2/c1-9(40-39-2)32-13-7-12(11-6-10(15(21)20-16(11)22)4-3-5-19-17(18)23)33-14(13)8-31-37(27,28)35-38(29,30)34-36(24,25)26/h6,9,11-14H,5,7-8H2,1-2H3,(H,19,23)(H,27,28)(H,29,30)(H,20,21,22)(H2,24,25,26). The lowest BCUT2D eigenvalue weighted by Gasteiger charge is -2.24. The molecule has 0 bridgehead atoms. The van der Waals surface area contributed by atoms with Gasteiger partial charge in [-0.05, 0) is 19.3 Å². The molecule has 6 N–H and O–H groups in total. The van der Waals surface area contributed by atoms with Crippen LogP contribution in [-0.2, 0) is 45.9 Å². The lowest BCUT2D eigenvalue weighted by molar-refractivity contribution is -0.134. The van der Waals surface area contributed by atoms with Gasteiger partial charge in [0.05, 0.1) is 36.9 Å². The second-order valence-corrected chi connectivity index (χ2v) is 15.9. The summed E-state index contributed by atoms with van der Waals surface area (Å²) in [6.07, 6.45) is 0.189.